The Balaban J connectivity index is 1.53. The minimum Gasteiger partial charge on any atom is -0.382 e. The Bertz CT molecular complexity index is 996. The summed E-state index contributed by atoms with van der Waals surface area (Å²) >= 11 is 0. The molecule has 0 amide bonds. The van der Waals surface area contributed by atoms with E-state index in [4.69, 9.17) is 0 Å². The van der Waals surface area contributed by atoms with Crippen molar-refractivity contribution in [3.8, 4) is 0 Å². The molecule has 1 N–H and O–H groups in total. The van der Waals surface area contributed by atoms with E-state index in [0.717, 1.165) is 37.3 Å². The van der Waals surface area contributed by atoms with Crippen molar-refractivity contribution in [1.29, 1.82) is 0 Å². The monoisotopic (exact) mass is 427 g/mol. The highest BCUT2D eigenvalue weighted by atomic mass is 19.1. The quantitative estimate of drug-likeness (QED) is 0.656. The maximum atomic E-state index is 14.9. The molecule has 0 spiro atoms. The number of aryl methyl sites for hydroxylation is 1. The maximum absolute atomic E-state index is 14.9. The van der Waals surface area contributed by atoms with Crippen molar-refractivity contribution in [2.24, 2.45) is 0 Å². The van der Waals surface area contributed by atoms with E-state index in [2.05, 4.69) is 19.9 Å². The summed E-state index contributed by atoms with van der Waals surface area (Å²) in [7, 11) is 0. The van der Waals surface area contributed by atoms with E-state index in [1.165, 1.54) is 35.5 Å². The summed E-state index contributed by atoms with van der Waals surface area (Å²) in [4.78, 5) is 8.31. The van der Waals surface area contributed by atoms with E-state index < -0.39 is 11.4 Å². The number of nitrogens with zero attached hydrogens (tertiary/aromatic N) is 5. The second-order valence-corrected chi connectivity index (χ2v) is 8.20. The van der Waals surface area contributed by atoms with Gasteiger partial charge in [0.05, 0.1) is 6.54 Å². The van der Waals surface area contributed by atoms with Gasteiger partial charge in [0.1, 0.15) is 29.9 Å². The van der Waals surface area contributed by atoms with Gasteiger partial charge < -0.3 is 10.0 Å². The van der Waals surface area contributed by atoms with Crippen molar-refractivity contribution in [3.63, 3.8) is 0 Å². The van der Waals surface area contributed by atoms with Gasteiger partial charge in [-0.2, -0.15) is 5.10 Å². The minimum absolute atomic E-state index is 0.102. The number of halogens is 2. The Kier molecular flexibility index (Phi) is 6.29. The second-order valence-electron chi connectivity index (χ2n) is 8.20. The third kappa shape index (κ3) is 5.08. The molecule has 1 fully saturated rings. The van der Waals surface area contributed by atoms with Crippen molar-refractivity contribution in [2.45, 2.75) is 25.5 Å². The molecule has 0 bridgehead atoms. The normalized spacial score (nSPS) is 17.4. The van der Waals surface area contributed by atoms with Gasteiger partial charge in [-0.1, -0.05) is 12.1 Å². The molecule has 1 saturated heterocycles. The van der Waals surface area contributed by atoms with Gasteiger partial charge >= 0.3 is 0 Å². The smallest absolute Gasteiger partial charge is 0.137 e. The lowest BCUT2D eigenvalue weighted by Gasteiger charge is -2.34. The zero-order chi connectivity index (χ0) is 21.8. The minimum atomic E-state index is -1.46. The molecule has 1 aliphatic rings. The van der Waals surface area contributed by atoms with E-state index >= 15 is 0 Å². The summed E-state index contributed by atoms with van der Waals surface area (Å²) in [5, 5.41) is 15.8. The van der Waals surface area contributed by atoms with Crippen LogP contribution in [0.4, 0.5) is 14.5 Å². The van der Waals surface area contributed by atoms with Gasteiger partial charge in [-0.25, -0.2) is 18.4 Å². The molecule has 2 aromatic carbocycles. The molecule has 4 rings (SSSR count). The molecule has 0 radical (unpaired) electrons. The van der Waals surface area contributed by atoms with Gasteiger partial charge in [-0.15, -0.1) is 0 Å². The molecule has 164 valence electrons. The molecule has 8 heteroatoms. The van der Waals surface area contributed by atoms with Crippen LogP contribution >= 0.6 is 0 Å². The van der Waals surface area contributed by atoms with Crippen molar-refractivity contribution < 1.29 is 13.9 Å². The average Bonchev–Trinajstić information content (AvgIpc) is 3.12. The Morgan fingerprint density at radius 3 is 2.52 bits per heavy atom. The van der Waals surface area contributed by atoms with Crippen LogP contribution in [-0.2, 0) is 12.1 Å². The van der Waals surface area contributed by atoms with Crippen LogP contribution in [0.15, 0.2) is 55.1 Å². The Morgan fingerprint density at radius 1 is 1.00 bits per heavy atom. The first-order valence-electron chi connectivity index (χ1n) is 10.5. The highest BCUT2D eigenvalue weighted by Crippen LogP contribution is 2.28. The lowest BCUT2D eigenvalue weighted by molar-refractivity contribution is -0.0201. The van der Waals surface area contributed by atoms with Crippen LogP contribution in [0.3, 0.4) is 0 Å². The number of hydrogen-bond acceptors (Lipinski definition) is 5. The van der Waals surface area contributed by atoms with Gasteiger partial charge in [-0.05, 0) is 49.2 Å². The Hall–Kier alpha value is -2.84. The maximum Gasteiger partial charge on any atom is 0.137 e. The molecule has 1 aromatic heterocycles. The fourth-order valence-electron chi connectivity index (χ4n) is 4.21. The Labute approximate surface area is 180 Å². The fraction of sp³-hybridized carbons (Fsp3) is 0.391. The fourth-order valence-corrected chi connectivity index (χ4v) is 4.21. The summed E-state index contributed by atoms with van der Waals surface area (Å²) in [5.74, 6) is -0.677. The topological polar surface area (TPSA) is 57.4 Å². The van der Waals surface area contributed by atoms with Gasteiger partial charge in [0.15, 0.2) is 0 Å². The van der Waals surface area contributed by atoms with Crippen LogP contribution in [0.2, 0.25) is 0 Å². The SMILES string of the molecule is Cc1ccc(C(O)(CN2CCCN(c3ccc(F)cc3)CC2)Cn2cncn2)c(F)c1. The van der Waals surface area contributed by atoms with Crippen LogP contribution < -0.4 is 4.90 Å². The molecule has 1 atom stereocenters. The van der Waals surface area contributed by atoms with E-state index in [1.807, 2.05) is 13.0 Å². The molecule has 2 heterocycles. The van der Waals surface area contributed by atoms with E-state index in [9.17, 15) is 13.9 Å². The number of anilines is 1. The number of hydrogen-bond donors (Lipinski definition) is 1. The van der Waals surface area contributed by atoms with Crippen LogP contribution in [0.25, 0.3) is 0 Å². The average molecular weight is 427 g/mol. The first-order valence-corrected chi connectivity index (χ1v) is 10.5. The zero-order valence-electron chi connectivity index (χ0n) is 17.6. The molecular weight excluding hydrogens is 400 g/mol. The number of benzene rings is 2. The summed E-state index contributed by atoms with van der Waals surface area (Å²) in [6.45, 7) is 5.23. The van der Waals surface area contributed by atoms with Crippen molar-refractivity contribution in [1.82, 2.24) is 19.7 Å². The molecule has 1 aliphatic heterocycles. The number of β-amino-alcohol motifs (C(OH)–C–C–N with tert-alkyl or cyclic N) is 1. The van der Waals surface area contributed by atoms with Crippen molar-refractivity contribution in [3.05, 3.63) is 77.9 Å². The predicted octanol–water partition coefficient (Wildman–Crippen LogP) is 2.96. The summed E-state index contributed by atoms with van der Waals surface area (Å²) in [6.07, 6.45) is 3.81. The van der Waals surface area contributed by atoms with Gasteiger partial charge in [0, 0.05) is 44.0 Å². The van der Waals surface area contributed by atoms with Crippen LogP contribution in [-0.4, -0.2) is 57.5 Å². The summed E-state index contributed by atoms with van der Waals surface area (Å²) in [5.41, 5.74) is 0.573. The largest absolute Gasteiger partial charge is 0.382 e. The summed E-state index contributed by atoms with van der Waals surface area (Å²) < 4.78 is 29.7. The van der Waals surface area contributed by atoms with Crippen LogP contribution in [0, 0.1) is 18.6 Å². The third-order valence-electron chi connectivity index (χ3n) is 5.78. The molecular formula is C23H27F2N5O. The zero-order valence-corrected chi connectivity index (χ0v) is 17.6. The van der Waals surface area contributed by atoms with Gasteiger partial charge in [0.25, 0.3) is 0 Å². The first kappa shape index (κ1) is 21.4. The van der Waals surface area contributed by atoms with E-state index in [0.29, 0.717) is 6.54 Å². The van der Waals surface area contributed by atoms with Crippen LogP contribution in [0.5, 0.6) is 0 Å². The standard InChI is InChI=1S/C23H27F2N5O/c1-18-3-8-21(22(25)13-18)23(31,15-30-17-26-16-27-30)14-28-9-2-10-29(12-11-28)20-6-4-19(24)5-7-20/h3-8,13,16-17,31H,2,9-12,14-15H2,1H3. The molecule has 0 aliphatic carbocycles. The molecule has 1 unspecified atom stereocenters. The Morgan fingerprint density at radius 2 is 1.81 bits per heavy atom. The molecule has 6 nitrogen and oxygen atoms in total. The lowest BCUT2D eigenvalue weighted by Crippen LogP contribution is -2.45. The predicted molar refractivity (Wildman–Crippen MR) is 115 cm³/mol. The van der Waals surface area contributed by atoms with Gasteiger partial charge in [0.2, 0.25) is 0 Å². The second kappa shape index (κ2) is 9.11. The van der Waals surface area contributed by atoms with Gasteiger partial charge in [-0.3, -0.25) is 4.90 Å². The van der Waals surface area contributed by atoms with Crippen LogP contribution in [0.1, 0.15) is 17.5 Å². The molecule has 31 heavy (non-hydrogen) atoms. The number of aromatic nitrogens is 3. The highest BCUT2D eigenvalue weighted by Gasteiger charge is 2.35. The van der Waals surface area contributed by atoms with E-state index in [-0.39, 0.29) is 24.5 Å². The van der Waals surface area contributed by atoms with E-state index in [1.54, 1.807) is 18.2 Å². The third-order valence-corrected chi connectivity index (χ3v) is 5.78. The van der Waals surface area contributed by atoms with Crippen molar-refractivity contribution in [2.75, 3.05) is 37.6 Å². The highest BCUT2D eigenvalue weighted by molar-refractivity contribution is 5.46. The summed E-state index contributed by atoms with van der Waals surface area (Å²) in [6, 6.07) is 11.4. The number of rotatable bonds is 6. The molecule has 3 aromatic rings. The number of aliphatic hydroxyl groups is 1. The molecule has 0 saturated carbocycles. The van der Waals surface area contributed by atoms with Crippen molar-refractivity contribution >= 4 is 5.69 Å². The lowest BCUT2D eigenvalue weighted by atomic mass is 9.91. The first-order chi connectivity index (χ1) is 14.9.